The van der Waals surface area contributed by atoms with Crippen LogP contribution in [0.15, 0.2) is 18.2 Å². The Morgan fingerprint density at radius 2 is 1.76 bits per heavy atom. The van der Waals surface area contributed by atoms with Gasteiger partial charge in [-0.2, -0.15) is 0 Å². The van der Waals surface area contributed by atoms with Crippen molar-refractivity contribution >= 4 is 52.8 Å². The summed E-state index contributed by atoms with van der Waals surface area (Å²) >= 11 is 13.6. The Balaban J connectivity index is 1.54. The summed E-state index contributed by atoms with van der Waals surface area (Å²) in [5, 5.41) is 3.68. The smallest absolute Gasteiger partial charge is 0.321 e. The van der Waals surface area contributed by atoms with Gasteiger partial charge in [0.1, 0.15) is 6.04 Å². The minimum atomic E-state index is -0.198. The van der Waals surface area contributed by atoms with E-state index in [2.05, 4.69) is 21.4 Å². The molecule has 1 aromatic rings. The molecule has 0 aliphatic carbocycles. The number of hydrogen-bond donors (Lipinski definition) is 1. The second kappa shape index (κ2) is 10.2. The standard InChI is InChI=1S/C19H27Cl2N5O2S/c1-3-23-6-11-26(29-2)17(13-23)18(27)24-7-9-25(10-8-24)19(28)22-14-4-5-15(20)16(21)12-14/h4-5,12,17H,3,6-11,13H2,1-2H3,(H,22,28)/t17-/m1/s1. The maximum absolute atomic E-state index is 13.1. The molecule has 3 rings (SSSR count). The van der Waals surface area contributed by atoms with Crippen LogP contribution in [0.1, 0.15) is 6.92 Å². The molecule has 0 radical (unpaired) electrons. The molecule has 10 heteroatoms. The Morgan fingerprint density at radius 1 is 1.07 bits per heavy atom. The summed E-state index contributed by atoms with van der Waals surface area (Å²) < 4.78 is 2.18. The van der Waals surface area contributed by atoms with E-state index in [-0.39, 0.29) is 18.0 Å². The van der Waals surface area contributed by atoms with E-state index >= 15 is 0 Å². The number of likely N-dealkylation sites (N-methyl/N-ethyl adjacent to an activating group) is 1. The average Bonchev–Trinajstić information content (AvgIpc) is 2.75. The molecule has 1 atom stereocenters. The van der Waals surface area contributed by atoms with E-state index in [1.807, 2.05) is 11.2 Å². The number of benzene rings is 1. The molecule has 2 aliphatic rings. The SMILES string of the molecule is CCN1CCN(SC)[C@@H](C(=O)N2CCN(C(=O)Nc3ccc(Cl)c(Cl)c3)CC2)C1. The van der Waals surface area contributed by atoms with Crippen molar-refractivity contribution in [1.82, 2.24) is 19.0 Å². The number of nitrogens with zero attached hydrogens (tertiary/aromatic N) is 4. The number of amides is 3. The number of urea groups is 1. The van der Waals surface area contributed by atoms with Crippen molar-refractivity contribution in [2.45, 2.75) is 13.0 Å². The second-order valence-corrected chi connectivity index (χ2v) is 8.75. The molecule has 29 heavy (non-hydrogen) atoms. The Kier molecular flexibility index (Phi) is 7.92. The van der Waals surface area contributed by atoms with Gasteiger partial charge in [-0.3, -0.25) is 4.79 Å². The van der Waals surface area contributed by atoms with E-state index in [0.29, 0.717) is 41.9 Å². The predicted octanol–water partition coefficient (Wildman–Crippen LogP) is 2.95. The van der Waals surface area contributed by atoms with Gasteiger partial charge in [-0.25, -0.2) is 9.10 Å². The second-order valence-electron chi connectivity index (χ2n) is 7.10. The number of carbonyl (C=O) groups excluding carboxylic acids is 2. The number of anilines is 1. The van der Waals surface area contributed by atoms with Crippen LogP contribution in [0.2, 0.25) is 10.0 Å². The highest BCUT2D eigenvalue weighted by Crippen LogP contribution is 2.25. The lowest BCUT2D eigenvalue weighted by atomic mass is 10.1. The molecular weight excluding hydrogens is 433 g/mol. The molecule has 3 amide bonds. The van der Waals surface area contributed by atoms with E-state index in [1.54, 1.807) is 35.0 Å². The molecule has 0 aromatic heterocycles. The summed E-state index contributed by atoms with van der Waals surface area (Å²) in [7, 11) is 0. The van der Waals surface area contributed by atoms with E-state index < -0.39 is 0 Å². The number of carbonyl (C=O) groups is 2. The van der Waals surface area contributed by atoms with Gasteiger partial charge in [-0.15, -0.1) is 0 Å². The fraction of sp³-hybridized carbons (Fsp3) is 0.579. The Labute approximate surface area is 186 Å². The number of rotatable bonds is 4. The molecular formula is C19H27Cl2N5O2S. The first kappa shape index (κ1) is 22.5. The summed E-state index contributed by atoms with van der Waals surface area (Å²) in [5.74, 6) is 0.155. The first-order valence-electron chi connectivity index (χ1n) is 9.75. The van der Waals surface area contributed by atoms with Gasteiger partial charge in [-0.1, -0.05) is 42.1 Å². The number of halogens is 2. The van der Waals surface area contributed by atoms with Crippen LogP contribution in [-0.4, -0.2) is 95.6 Å². The van der Waals surface area contributed by atoms with Gasteiger partial charge in [0.2, 0.25) is 5.91 Å². The lowest BCUT2D eigenvalue weighted by Gasteiger charge is -2.42. The van der Waals surface area contributed by atoms with Crippen molar-refractivity contribution in [2.24, 2.45) is 0 Å². The van der Waals surface area contributed by atoms with Crippen LogP contribution in [0.25, 0.3) is 0 Å². The van der Waals surface area contributed by atoms with Crippen LogP contribution in [0, 0.1) is 0 Å². The van der Waals surface area contributed by atoms with Crippen molar-refractivity contribution in [3.8, 4) is 0 Å². The number of hydrogen-bond acceptors (Lipinski definition) is 5. The first-order valence-corrected chi connectivity index (χ1v) is 11.7. The molecule has 1 N–H and O–H groups in total. The summed E-state index contributed by atoms with van der Waals surface area (Å²) in [6.45, 7) is 7.80. The third kappa shape index (κ3) is 5.49. The Morgan fingerprint density at radius 3 is 2.38 bits per heavy atom. The zero-order valence-corrected chi connectivity index (χ0v) is 19.1. The lowest BCUT2D eigenvalue weighted by molar-refractivity contribution is -0.138. The maximum atomic E-state index is 13.1. The molecule has 1 aromatic carbocycles. The third-order valence-electron chi connectivity index (χ3n) is 5.43. The van der Waals surface area contributed by atoms with Crippen LogP contribution in [0.3, 0.4) is 0 Å². The van der Waals surface area contributed by atoms with Gasteiger partial charge in [0, 0.05) is 51.5 Å². The van der Waals surface area contributed by atoms with Gasteiger partial charge >= 0.3 is 6.03 Å². The van der Waals surface area contributed by atoms with Gasteiger partial charge in [0.25, 0.3) is 0 Å². The maximum Gasteiger partial charge on any atom is 0.321 e. The third-order valence-corrected chi connectivity index (χ3v) is 7.08. The number of nitrogens with one attached hydrogen (secondary N) is 1. The Bertz CT molecular complexity index is 745. The fourth-order valence-corrected chi connectivity index (χ4v) is 4.62. The molecule has 0 bridgehead atoms. The minimum Gasteiger partial charge on any atom is -0.338 e. The molecule has 2 fully saturated rings. The van der Waals surface area contributed by atoms with Crippen LogP contribution in [0.5, 0.6) is 0 Å². The topological polar surface area (TPSA) is 59.1 Å². The molecule has 0 spiro atoms. The largest absolute Gasteiger partial charge is 0.338 e. The predicted molar refractivity (Wildman–Crippen MR) is 120 cm³/mol. The highest BCUT2D eigenvalue weighted by atomic mass is 35.5. The highest BCUT2D eigenvalue weighted by molar-refractivity contribution is 7.96. The highest BCUT2D eigenvalue weighted by Gasteiger charge is 2.36. The Hall–Kier alpha value is -1.19. The van der Waals surface area contributed by atoms with E-state index in [1.165, 1.54) is 0 Å². The van der Waals surface area contributed by atoms with Crippen LogP contribution >= 0.6 is 35.1 Å². The molecule has 2 saturated heterocycles. The van der Waals surface area contributed by atoms with Crippen molar-refractivity contribution in [2.75, 3.05) is 63.9 Å². The number of piperazine rings is 2. The van der Waals surface area contributed by atoms with Crippen molar-refractivity contribution < 1.29 is 9.59 Å². The summed E-state index contributed by atoms with van der Waals surface area (Å²) in [6, 6.07) is 4.66. The molecule has 2 aliphatic heterocycles. The molecule has 160 valence electrons. The van der Waals surface area contributed by atoms with Gasteiger partial charge in [-0.05, 0) is 31.0 Å². The van der Waals surface area contributed by atoms with Gasteiger partial charge in [0.05, 0.1) is 10.0 Å². The summed E-state index contributed by atoms with van der Waals surface area (Å²) in [5.41, 5.74) is 0.598. The first-order chi connectivity index (χ1) is 13.9. The molecule has 0 unspecified atom stereocenters. The zero-order valence-electron chi connectivity index (χ0n) is 16.7. The normalized spacial score (nSPS) is 21.3. The van der Waals surface area contributed by atoms with Crippen molar-refractivity contribution in [1.29, 1.82) is 0 Å². The lowest BCUT2D eigenvalue weighted by Crippen LogP contribution is -2.60. The fourth-order valence-electron chi connectivity index (χ4n) is 3.65. The zero-order chi connectivity index (χ0) is 21.0. The monoisotopic (exact) mass is 459 g/mol. The van der Waals surface area contributed by atoms with Crippen molar-refractivity contribution in [3.05, 3.63) is 28.2 Å². The minimum absolute atomic E-state index is 0.129. The summed E-state index contributed by atoms with van der Waals surface area (Å²) in [6.07, 6.45) is 2.02. The van der Waals surface area contributed by atoms with E-state index in [9.17, 15) is 9.59 Å². The quantitative estimate of drug-likeness (QED) is 0.701. The average molecular weight is 460 g/mol. The van der Waals surface area contributed by atoms with Crippen LogP contribution in [0.4, 0.5) is 10.5 Å². The van der Waals surface area contributed by atoms with Gasteiger partial charge < -0.3 is 20.0 Å². The van der Waals surface area contributed by atoms with Gasteiger partial charge in [0.15, 0.2) is 0 Å². The molecule has 7 nitrogen and oxygen atoms in total. The van der Waals surface area contributed by atoms with E-state index in [0.717, 1.165) is 26.2 Å². The molecule has 2 heterocycles. The molecule has 0 saturated carbocycles. The van der Waals surface area contributed by atoms with E-state index in [4.69, 9.17) is 23.2 Å². The van der Waals surface area contributed by atoms with Crippen LogP contribution in [-0.2, 0) is 4.79 Å². The van der Waals surface area contributed by atoms with Crippen LogP contribution < -0.4 is 5.32 Å². The van der Waals surface area contributed by atoms with Crippen molar-refractivity contribution in [3.63, 3.8) is 0 Å². The summed E-state index contributed by atoms with van der Waals surface area (Å²) in [4.78, 5) is 31.6.